The normalized spacial score (nSPS) is 17.3. The first-order valence-electron chi connectivity index (χ1n) is 11.1. The Morgan fingerprint density at radius 1 is 1.07 bits per heavy atom. The molecule has 0 aromatic heterocycles. The van der Waals surface area contributed by atoms with Gasteiger partial charge in [-0.15, -0.1) is 0 Å². The number of rotatable bonds is 5. The van der Waals surface area contributed by atoms with Crippen LogP contribution in [0.1, 0.15) is 54.6 Å². The molecule has 1 N–H and O–H groups in total. The highest BCUT2D eigenvalue weighted by Gasteiger charge is 2.26. The van der Waals surface area contributed by atoms with Crippen molar-refractivity contribution in [2.75, 3.05) is 24.6 Å². The van der Waals surface area contributed by atoms with Crippen molar-refractivity contribution in [1.82, 2.24) is 4.90 Å². The summed E-state index contributed by atoms with van der Waals surface area (Å²) in [5.41, 5.74) is 7.17. The number of hydrogen-bond donors (Lipinski definition) is 1. The molecule has 1 amide bonds. The summed E-state index contributed by atoms with van der Waals surface area (Å²) in [6.45, 7) is 7.04. The molecule has 0 aliphatic carbocycles. The number of likely N-dealkylation sites (tertiary alicyclic amines) is 1. The first-order valence-corrected chi connectivity index (χ1v) is 11.1. The van der Waals surface area contributed by atoms with Gasteiger partial charge in [0, 0.05) is 43.2 Å². The van der Waals surface area contributed by atoms with Crippen LogP contribution in [0.5, 0.6) is 0 Å². The van der Waals surface area contributed by atoms with Gasteiger partial charge < -0.3 is 14.9 Å². The van der Waals surface area contributed by atoms with Crippen molar-refractivity contribution in [1.29, 1.82) is 0 Å². The van der Waals surface area contributed by atoms with Crippen molar-refractivity contribution in [3.63, 3.8) is 0 Å². The van der Waals surface area contributed by atoms with Gasteiger partial charge in [0.25, 0.3) is 5.91 Å². The average molecular weight is 405 g/mol. The monoisotopic (exact) mass is 404 g/mol. The predicted octanol–water partition coefficient (Wildman–Crippen LogP) is 4.78. The Morgan fingerprint density at radius 2 is 1.80 bits per heavy atom. The maximum atomic E-state index is 13.1. The minimum atomic E-state index is 0.138. The van der Waals surface area contributed by atoms with Gasteiger partial charge in [-0.05, 0) is 80.3 Å². The molecule has 0 saturated carbocycles. The molecular formula is C26H32N2O2. The van der Waals surface area contributed by atoms with Crippen LogP contribution in [0.4, 0.5) is 5.69 Å². The molecule has 4 rings (SSSR count). The number of anilines is 1. The summed E-state index contributed by atoms with van der Waals surface area (Å²) in [7, 11) is 0. The number of aliphatic hydroxyl groups is 1. The zero-order chi connectivity index (χ0) is 21.1. The third-order valence-electron chi connectivity index (χ3n) is 6.72. The number of nitrogens with zero attached hydrogens (tertiary/aromatic N) is 2. The van der Waals surface area contributed by atoms with Crippen molar-refractivity contribution in [2.24, 2.45) is 5.92 Å². The molecule has 2 heterocycles. The highest BCUT2D eigenvalue weighted by atomic mass is 16.3. The highest BCUT2D eigenvalue weighted by Crippen LogP contribution is 2.35. The lowest BCUT2D eigenvalue weighted by Crippen LogP contribution is -2.38. The fourth-order valence-corrected chi connectivity index (χ4v) is 4.71. The van der Waals surface area contributed by atoms with E-state index in [0.29, 0.717) is 5.92 Å². The smallest absolute Gasteiger partial charge is 0.253 e. The Kier molecular flexibility index (Phi) is 6.24. The number of carbonyl (C=O) groups is 1. The van der Waals surface area contributed by atoms with Gasteiger partial charge >= 0.3 is 0 Å². The molecule has 2 aromatic rings. The predicted molar refractivity (Wildman–Crippen MR) is 121 cm³/mol. The van der Waals surface area contributed by atoms with E-state index in [9.17, 15) is 4.79 Å². The molecule has 0 bridgehead atoms. The van der Waals surface area contributed by atoms with E-state index in [-0.39, 0.29) is 12.5 Å². The topological polar surface area (TPSA) is 43.8 Å². The molecule has 1 fully saturated rings. The third kappa shape index (κ3) is 4.29. The number of allylic oxidation sites excluding steroid dienone is 2. The molecule has 0 radical (unpaired) electrons. The van der Waals surface area contributed by atoms with Crippen LogP contribution in [0, 0.1) is 5.92 Å². The van der Waals surface area contributed by atoms with Crippen molar-refractivity contribution in [3.8, 4) is 0 Å². The van der Waals surface area contributed by atoms with Crippen LogP contribution in [0.3, 0.4) is 0 Å². The number of aliphatic hydroxyl groups excluding tert-OH is 1. The maximum absolute atomic E-state index is 13.1. The van der Waals surface area contributed by atoms with E-state index in [1.54, 1.807) is 0 Å². The van der Waals surface area contributed by atoms with Gasteiger partial charge in [-0.2, -0.15) is 0 Å². The largest absolute Gasteiger partial charge is 0.396 e. The highest BCUT2D eigenvalue weighted by molar-refractivity contribution is 5.95. The van der Waals surface area contributed by atoms with Crippen LogP contribution in [0.2, 0.25) is 0 Å². The summed E-state index contributed by atoms with van der Waals surface area (Å²) in [4.78, 5) is 17.5. The van der Waals surface area contributed by atoms with Crippen LogP contribution in [-0.2, 0) is 13.0 Å². The molecule has 158 valence electrons. The van der Waals surface area contributed by atoms with Gasteiger partial charge in [0.1, 0.15) is 0 Å². The molecule has 30 heavy (non-hydrogen) atoms. The third-order valence-corrected chi connectivity index (χ3v) is 6.72. The van der Waals surface area contributed by atoms with Gasteiger partial charge in [0.2, 0.25) is 0 Å². The Hall–Kier alpha value is -2.59. The molecule has 4 heteroatoms. The number of amides is 1. The summed E-state index contributed by atoms with van der Waals surface area (Å²) < 4.78 is 0. The number of piperidine rings is 1. The maximum Gasteiger partial charge on any atom is 0.253 e. The quantitative estimate of drug-likeness (QED) is 0.780. The second kappa shape index (κ2) is 9.05. The van der Waals surface area contributed by atoms with Crippen molar-refractivity contribution < 1.29 is 9.90 Å². The van der Waals surface area contributed by atoms with E-state index in [1.807, 2.05) is 17.0 Å². The second-order valence-electron chi connectivity index (χ2n) is 8.71. The molecule has 2 aromatic carbocycles. The lowest BCUT2D eigenvalue weighted by atomic mass is 9.92. The zero-order valence-corrected chi connectivity index (χ0v) is 18.1. The van der Waals surface area contributed by atoms with Crippen LogP contribution in [-0.4, -0.2) is 35.6 Å². The number of carbonyl (C=O) groups excluding carboxylic acids is 1. The van der Waals surface area contributed by atoms with Gasteiger partial charge in [0.15, 0.2) is 0 Å². The molecule has 2 aliphatic rings. The van der Waals surface area contributed by atoms with Gasteiger partial charge in [-0.3, -0.25) is 4.79 Å². The van der Waals surface area contributed by atoms with E-state index < -0.39 is 0 Å². The Labute approximate surface area is 179 Å². The molecule has 4 nitrogen and oxygen atoms in total. The van der Waals surface area contributed by atoms with E-state index in [2.05, 4.69) is 55.1 Å². The lowest BCUT2D eigenvalue weighted by molar-refractivity contribution is 0.0678. The lowest BCUT2D eigenvalue weighted by Gasteiger charge is -2.35. The summed E-state index contributed by atoms with van der Waals surface area (Å²) in [6, 6.07) is 16.8. The van der Waals surface area contributed by atoms with E-state index in [0.717, 1.165) is 50.9 Å². The molecule has 0 unspecified atom stereocenters. The molecule has 0 atom stereocenters. The molecule has 1 saturated heterocycles. The average Bonchev–Trinajstić information content (AvgIpc) is 2.77. The summed E-state index contributed by atoms with van der Waals surface area (Å²) in [5.74, 6) is 0.684. The van der Waals surface area contributed by atoms with Crippen LogP contribution in [0.15, 0.2) is 59.8 Å². The summed E-state index contributed by atoms with van der Waals surface area (Å²) >= 11 is 0. The minimum absolute atomic E-state index is 0.138. The van der Waals surface area contributed by atoms with Crippen molar-refractivity contribution in [3.05, 3.63) is 76.5 Å². The van der Waals surface area contributed by atoms with E-state index in [4.69, 9.17) is 5.11 Å². The fourth-order valence-electron chi connectivity index (χ4n) is 4.71. The number of hydrogen-bond acceptors (Lipinski definition) is 3. The van der Waals surface area contributed by atoms with Crippen LogP contribution >= 0.6 is 0 Å². The SMILES string of the molecule is CC1=C(C)N(Cc2ccccc2)c2ccc(C(=O)N3CCC(CCO)CC3)cc2C1. The Bertz CT molecular complexity index is 927. The molecule has 0 spiro atoms. The van der Waals surface area contributed by atoms with E-state index in [1.165, 1.54) is 28.1 Å². The number of benzene rings is 2. The van der Waals surface area contributed by atoms with Crippen LogP contribution < -0.4 is 4.90 Å². The standard InChI is InChI=1S/C26H32N2O2/c1-19-16-24-17-23(26(30)27-13-10-21(11-14-27)12-15-29)8-9-25(24)28(20(19)2)18-22-6-4-3-5-7-22/h3-9,17,21,29H,10-16,18H2,1-2H3. The first kappa shape index (κ1) is 20.7. The molecular weight excluding hydrogens is 372 g/mol. The first-order chi connectivity index (χ1) is 14.6. The van der Waals surface area contributed by atoms with Gasteiger partial charge in [-0.1, -0.05) is 30.3 Å². The second-order valence-corrected chi connectivity index (χ2v) is 8.71. The Morgan fingerprint density at radius 3 is 2.50 bits per heavy atom. The zero-order valence-electron chi connectivity index (χ0n) is 18.1. The van der Waals surface area contributed by atoms with Crippen molar-refractivity contribution in [2.45, 2.75) is 46.1 Å². The van der Waals surface area contributed by atoms with Gasteiger partial charge in [-0.25, -0.2) is 0 Å². The minimum Gasteiger partial charge on any atom is -0.396 e. The summed E-state index contributed by atoms with van der Waals surface area (Å²) in [5, 5.41) is 9.15. The molecule has 2 aliphatic heterocycles. The van der Waals surface area contributed by atoms with E-state index >= 15 is 0 Å². The van der Waals surface area contributed by atoms with Gasteiger partial charge in [0.05, 0.1) is 0 Å². The van der Waals surface area contributed by atoms with Crippen LogP contribution in [0.25, 0.3) is 0 Å². The number of fused-ring (bicyclic) bond motifs is 1. The fraction of sp³-hybridized carbons (Fsp3) is 0.423. The Balaban J connectivity index is 1.53. The van der Waals surface area contributed by atoms with Crippen molar-refractivity contribution >= 4 is 11.6 Å². The summed E-state index contributed by atoms with van der Waals surface area (Å²) in [6.07, 6.45) is 3.72.